The molecule has 0 aliphatic heterocycles. The molecule has 0 aliphatic rings. The highest BCUT2D eigenvalue weighted by molar-refractivity contribution is 6.08. The second-order valence-corrected chi connectivity index (χ2v) is 6.36. The Bertz CT molecular complexity index is 714. The minimum atomic E-state index is -0.588. The van der Waals surface area contributed by atoms with Gasteiger partial charge in [-0.2, -0.15) is 0 Å². The molecule has 0 fully saturated rings. The molecule has 25 heavy (non-hydrogen) atoms. The Morgan fingerprint density at radius 3 is 2.28 bits per heavy atom. The smallest absolute Gasteiger partial charge is 0.255 e. The van der Waals surface area contributed by atoms with E-state index < -0.39 is 6.10 Å². The summed E-state index contributed by atoms with van der Waals surface area (Å²) in [4.78, 5) is 24.7. The fraction of sp³-hybridized carbons (Fsp3) is 0.300. The number of aliphatic hydroxyl groups is 1. The topological polar surface area (TPSA) is 78.4 Å². The SMILES string of the molecule is CC(C)CC(O)CNC(=O)c1ccccc1NC(=O)c1ccccc1. The summed E-state index contributed by atoms with van der Waals surface area (Å²) in [6.45, 7) is 4.21. The lowest BCUT2D eigenvalue weighted by Crippen LogP contribution is -2.33. The van der Waals surface area contributed by atoms with Gasteiger partial charge in [0.25, 0.3) is 11.8 Å². The Kier molecular flexibility index (Phi) is 6.71. The monoisotopic (exact) mass is 340 g/mol. The van der Waals surface area contributed by atoms with E-state index >= 15 is 0 Å². The zero-order chi connectivity index (χ0) is 18.2. The molecule has 0 spiro atoms. The van der Waals surface area contributed by atoms with Gasteiger partial charge in [-0.05, 0) is 36.6 Å². The third kappa shape index (κ3) is 5.72. The zero-order valence-corrected chi connectivity index (χ0v) is 14.5. The largest absolute Gasteiger partial charge is 0.391 e. The van der Waals surface area contributed by atoms with Crippen molar-refractivity contribution in [3.05, 3.63) is 65.7 Å². The van der Waals surface area contributed by atoms with Crippen molar-refractivity contribution in [2.24, 2.45) is 5.92 Å². The maximum Gasteiger partial charge on any atom is 0.255 e. The Balaban J connectivity index is 2.04. The molecule has 132 valence electrons. The molecule has 2 amide bonds. The number of rotatable bonds is 7. The lowest BCUT2D eigenvalue weighted by atomic mass is 10.1. The molecule has 0 saturated carbocycles. The second kappa shape index (κ2) is 8.99. The van der Waals surface area contributed by atoms with Crippen LogP contribution in [0, 0.1) is 5.92 Å². The predicted molar refractivity (Wildman–Crippen MR) is 98.6 cm³/mol. The highest BCUT2D eigenvalue weighted by Crippen LogP contribution is 2.16. The Hall–Kier alpha value is -2.66. The first kappa shape index (κ1) is 18.7. The van der Waals surface area contributed by atoms with Crippen LogP contribution < -0.4 is 10.6 Å². The van der Waals surface area contributed by atoms with Crippen LogP contribution in [0.1, 0.15) is 41.0 Å². The van der Waals surface area contributed by atoms with Gasteiger partial charge in [-0.1, -0.05) is 44.2 Å². The van der Waals surface area contributed by atoms with Crippen LogP contribution in [0.4, 0.5) is 5.69 Å². The summed E-state index contributed by atoms with van der Waals surface area (Å²) in [6, 6.07) is 15.6. The molecule has 0 saturated heterocycles. The van der Waals surface area contributed by atoms with Crippen molar-refractivity contribution in [1.29, 1.82) is 0 Å². The van der Waals surface area contributed by atoms with Crippen molar-refractivity contribution in [2.75, 3.05) is 11.9 Å². The normalized spacial score (nSPS) is 11.8. The lowest BCUT2D eigenvalue weighted by molar-refractivity contribution is 0.0901. The Labute approximate surface area is 148 Å². The number of carbonyl (C=O) groups is 2. The summed E-state index contributed by atoms with van der Waals surface area (Å²) in [7, 11) is 0. The van der Waals surface area contributed by atoms with Gasteiger partial charge in [0.05, 0.1) is 17.4 Å². The Morgan fingerprint density at radius 1 is 0.960 bits per heavy atom. The fourth-order valence-electron chi connectivity index (χ4n) is 2.51. The highest BCUT2D eigenvalue weighted by atomic mass is 16.3. The molecule has 2 rings (SSSR count). The van der Waals surface area contributed by atoms with Crippen LogP contribution in [-0.2, 0) is 0 Å². The molecule has 2 aromatic rings. The van der Waals surface area contributed by atoms with Crippen LogP contribution in [0.5, 0.6) is 0 Å². The van der Waals surface area contributed by atoms with Gasteiger partial charge in [0, 0.05) is 12.1 Å². The quantitative estimate of drug-likeness (QED) is 0.725. The molecule has 0 bridgehead atoms. The van der Waals surface area contributed by atoms with E-state index in [2.05, 4.69) is 10.6 Å². The first-order chi connectivity index (χ1) is 12.0. The van der Waals surface area contributed by atoms with Gasteiger partial charge in [0.2, 0.25) is 0 Å². The van der Waals surface area contributed by atoms with Crippen molar-refractivity contribution in [3.63, 3.8) is 0 Å². The van der Waals surface area contributed by atoms with Gasteiger partial charge in [-0.15, -0.1) is 0 Å². The van der Waals surface area contributed by atoms with Gasteiger partial charge in [-0.3, -0.25) is 9.59 Å². The summed E-state index contributed by atoms with van der Waals surface area (Å²) >= 11 is 0. The van der Waals surface area contributed by atoms with Crippen molar-refractivity contribution in [1.82, 2.24) is 5.32 Å². The average molecular weight is 340 g/mol. The van der Waals surface area contributed by atoms with E-state index in [4.69, 9.17) is 0 Å². The fourth-order valence-corrected chi connectivity index (χ4v) is 2.51. The summed E-state index contributed by atoms with van der Waals surface area (Å²) < 4.78 is 0. The van der Waals surface area contributed by atoms with E-state index in [9.17, 15) is 14.7 Å². The third-order valence-electron chi connectivity index (χ3n) is 3.70. The summed E-state index contributed by atoms with van der Waals surface area (Å²) in [5, 5.41) is 15.4. The van der Waals surface area contributed by atoms with E-state index in [1.807, 2.05) is 19.9 Å². The van der Waals surface area contributed by atoms with Crippen molar-refractivity contribution in [3.8, 4) is 0 Å². The Morgan fingerprint density at radius 2 is 1.60 bits per heavy atom. The van der Waals surface area contributed by atoms with E-state index in [-0.39, 0.29) is 18.4 Å². The molecule has 1 unspecified atom stereocenters. The first-order valence-corrected chi connectivity index (χ1v) is 8.39. The van der Waals surface area contributed by atoms with E-state index in [1.165, 1.54) is 0 Å². The molecule has 0 aromatic heterocycles. The number of para-hydroxylation sites is 1. The number of amides is 2. The lowest BCUT2D eigenvalue weighted by Gasteiger charge is -2.15. The van der Waals surface area contributed by atoms with Crippen molar-refractivity contribution in [2.45, 2.75) is 26.4 Å². The van der Waals surface area contributed by atoms with Crippen LogP contribution in [0.15, 0.2) is 54.6 Å². The number of carbonyl (C=O) groups excluding carboxylic acids is 2. The maximum atomic E-state index is 12.4. The molecule has 0 radical (unpaired) electrons. The predicted octanol–water partition coefficient (Wildman–Crippen LogP) is 3.08. The molecule has 5 nitrogen and oxygen atoms in total. The maximum absolute atomic E-state index is 12.4. The van der Waals surface area contributed by atoms with Gasteiger partial charge in [-0.25, -0.2) is 0 Å². The van der Waals surface area contributed by atoms with Crippen LogP contribution in [0.2, 0.25) is 0 Å². The third-order valence-corrected chi connectivity index (χ3v) is 3.70. The van der Waals surface area contributed by atoms with Crippen molar-refractivity contribution >= 4 is 17.5 Å². The van der Waals surface area contributed by atoms with Crippen LogP contribution in [0.3, 0.4) is 0 Å². The number of hydrogen-bond acceptors (Lipinski definition) is 3. The van der Waals surface area contributed by atoms with E-state index in [1.54, 1.807) is 48.5 Å². The minimum absolute atomic E-state index is 0.179. The van der Waals surface area contributed by atoms with Gasteiger partial charge >= 0.3 is 0 Å². The highest BCUT2D eigenvalue weighted by Gasteiger charge is 2.15. The zero-order valence-electron chi connectivity index (χ0n) is 14.5. The van der Waals surface area contributed by atoms with Crippen LogP contribution >= 0.6 is 0 Å². The van der Waals surface area contributed by atoms with Gasteiger partial charge in [0.1, 0.15) is 0 Å². The second-order valence-electron chi connectivity index (χ2n) is 6.36. The van der Waals surface area contributed by atoms with Crippen LogP contribution in [0.25, 0.3) is 0 Å². The van der Waals surface area contributed by atoms with Crippen molar-refractivity contribution < 1.29 is 14.7 Å². The minimum Gasteiger partial charge on any atom is -0.391 e. The first-order valence-electron chi connectivity index (χ1n) is 8.39. The summed E-state index contributed by atoms with van der Waals surface area (Å²) in [5.74, 6) is -0.253. The van der Waals surface area contributed by atoms with Crippen LogP contribution in [-0.4, -0.2) is 29.6 Å². The van der Waals surface area contributed by atoms with Gasteiger partial charge in [0.15, 0.2) is 0 Å². The number of aliphatic hydroxyl groups excluding tert-OH is 1. The van der Waals surface area contributed by atoms with E-state index in [0.29, 0.717) is 29.2 Å². The molecular formula is C20H24N2O3. The molecule has 1 atom stereocenters. The molecular weight excluding hydrogens is 316 g/mol. The summed E-state index contributed by atoms with van der Waals surface area (Å²) in [6.07, 6.45) is 0.0298. The van der Waals surface area contributed by atoms with Gasteiger partial charge < -0.3 is 15.7 Å². The molecule has 2 aromatic carbocycles. The standard InChI is InChI=1S/C20H24N2O3/c1-14(2)12-16(23)13-21-20(25)17-10-6-7-11-18(17)22-19(24)15-8-4-3-5-9-15/h3-11,14,16,23H,12-13H2,1-2H3,(H,21,25)(H,22,24). The number of anilines is 1. The number of nitrogens with one attached hydrogen (secondary N) is 2. The molecule has 0 heterocycles. The summed E-state index contributed by atoms with van der Waals surface area (Å²) in [5.41, 5.74) is 1.32. The molecule has 0 aliphatic carbocycles. The number of hydrogen-bond donors (Lipinski definition) is 3. The average Bonchev–Trinajstić information content (AvgIpc) is 2.60. The number of benzene rings is 2. The van der Waals surface area contributed by atoms with E-state index in [0.717, 1.165) is 0 Å². The molecule has 5 heteroatoms. The molecule has 3 N–H and O–H groups in total.